The third-order valence-corrected chi connectivity index (χ3v) is 5.21. The van der Waals surface area contributed by atoms with E-state index in [1.54, 1.807) is 42.5 Å². The van der Waals surface area contributed by atoms with Crippen molar-refractivity contribution in [1.82, 2.24) is 10.6 Å². The summed E-state index contributed by atoms with van der Waals surface area (Å²) >= 11 is 6.26. The Bertz CT molecular complexity index is 1280. The average molecular weight is 457 g/mol. The smallest absolute Gasteiger partial charge is 0.268 e. The van der Waals surface area contributed by atoms with Gasteiger partial charge in [-0.25, -0.2) is 0 Å². The maximum atomic E-state index is 13.0. The summed E-state index contributed by atoms with van der Waals surface area (Å²) in [5.74, 6) is 0.141. The van der Waals surface area contributed by atoms with E-state index in [9.17, 15) is 9.59 Å². The van der Waals surface area contributed by atoms with Crippen LogP contribution in [0.2, 0.25) is 5.02 Å². The summed E-state index contributed by atoms with van der Waals surface area (Å²) < 4.78 is 5.89. The molecule has 2 N–H and O–H groups in total. The van der Waals surface area contributed by atoms with Crippen molar-refractivity contribution in [2.45, 2.75) is 6.54 Å². The van der Waals surface area contributed by atoms with Gasteiger partial charge in [-0.1, -0.05) is 72.3 Å². The van der Waals surface area contributed by atoms with Crippen LogP contribution in [0.25, 0.3) is 17.4 Å². The molecular weight excluding hydrogens is 436 g/mol. The normalized spacial score (nSPS) is 11.1. The number of benzene rings is 3. The summed E-state index contributed by atoms with van der Waals surface area (Å²) in [4.78, 5) is 25.7. The standard InChI is InChI=1S/C27H21ClN2O3/c28-23-14-8-7-13-22(23)25-16-15-21(33-25)17-24(30-26(31)20-11-5-2-6-12-20)27(32)29-18-19-9-3-1-4-10-19/h1-17H,18H2,(H,29,32)(H,30,31)/b24-17-. The molecule has 4 rings (SSSR count). The van der Waals surface area contributed by atoms with Gasteiger partial charge in [0.2, 0.25) is 0 Å². The molecule has 0 aliphatic rings. The lowest BCUT2D eigenvalue weighted by Gasteiger charge is -2.11. The first-order valence-corrected chi connectivity index (χ1v) is 10.7. The van der Waals surface area contributed by atoms with Crippen molar-refractivity contribution in [3.63, 3.8) is 0 Å². The molecule has 1 heterocycles. The summed E-state index contributed by atoms with van der Waals surface area (Å²) in [6, 6.07) is 29.0. The SMILES string of the molecule is O=C(NCc1ccccc1)/C(=C/c1ccc(-c2ccccc2Cl)o1)NC(=O)c1ccccc1. The van der Waals surface area contributed by atoms with Gasteiger partial charge in [0.05, 0.1) is 5.02 Å². The van der Waals surface area contributed by atoms with Crippen molar-refractivity contribution in [2.24, 2.45) is 0 Å². The highest BCUT2D eigenvalue weighted by Crippen LogP contribution is 2.29. The minimum absolute atomic E-state index is 0.0693. The summed E-state index contributed by atoms with van der Waals surface area (Å²) in [5.41, 5.74) is 2.19. The Labute approximate surface area is 196 Å². The van der Waals surface area contributed by atoms with Gasteiger partial charge in [-0.15, -0.1) is 0 Å². The highest BCUT2D eigenvalue weighted by Gasteiger charge is 2.16. The van der Waals surface area contributed by atoms with Crippen molar-refractivity contribution < 1.29 is 14.0 Å². The van der Waals surface area contributed by atoms with E-state index in [1.165, 1.54) is 6.08 Å². The lowest BCUT2D eigenvalue weighted by Crippen LogP contribution is -2.34. The van der Waals surface area contributed by atoms with Crippen molar-refractivity contribution in [1.29, 1.82) is 0 Å². The highest BCUT2D eigenvalue weighted by atomic mass is 35.5. The number of furan rings is 1. The van der Waals surface area contributed by atoms with Crippen molar-refractivity contribution in [2.75, 3.05) is 0 Å². The molecule has 4 aromatic rings. The molecule has 0 atom stereocenters. The molecule has 3 aromatic carbocycles. The largest absolute Gasteiger partial charge is 0.457 e. The zero-order chi connectivity index (χ0) is 23.0. The molecule has 0 radical (unpaired) electrons. The molecule has 6 heteroatoms. The second-order valence-corrected chi connectivity index (χ2v) is 7.64. The molecule has 0 aliphatic carbocycles. The third-order valence-electron chi connectivity index (χ3n) is 4.88. The average Bonchev–Trinajstić information content (AvgIpc) is 3.32. The Hall–Kier alpha value is -4.09. The van der Waals surface area contributed by atoms with E-state index >= 15 is 0 Å². The van der Waals surface area contributed by atoms with Crippen LogP contribution in [0.3, 0.4) is 0 Å². The first kappa shape index (κ1) is 22.1. The van der Waals surface area contributed by atoms with Gasteiger partial charge in [0.25, 0.3) is 11.8 Å². The van der Waals surface area contributed by atoms with Crippen molar-refractivity contribution in [3.8, 4) is 11.3 Å². The summed E-state index contributed by atoms with van der Waals surface area (Å²) in [6.45, 7) is 0.321. The van der Waals surface area contributed by atoms with Crippen molar-refractivity contribution >= 4 is 29.5 Å². The van der Waals surface area contributed by atoms with Crippen molar-refractivity contribution in [3.05, 3.63) is 125 Å². The van der Waals surface area contributed by atoms with Crippen LogP contribution >= 0.6 is 11.6 Å². The van der Waals surface area contributed by atoms with E-state index in [0.29, 0.717) is 28.7 Å². The van der Waals surface area contributed by atoms with Crippen LogP contribution in [-0.4, -0.2) is 11.8 Å². The molecule has 5 nitrogen and oxygen atoms in total. The zero-order valence-electron chi connectivity index (χ0n) is 17.6. The maximum Gasteiger partial charge on any atom is 0.268 e. The van der Waals surface area contributed by atoms with Crippen LogP contribution < -0.4 is 10.6 Å². The van der Waals surface area contributed by atoms with Gasteiger partial charge in [-0.3, -0.25) is 9.59 Å². The summed E-state index contributed by atoms with van der Waals surface area (Å²) in [7, 11) is 0. The lowest BCUT2D eigenvalue weighted by atomic mass is 10.2. The molecule has 0 spiro atoms. The molecule has 0 saturated carbocycles. The molecule has 0 bridgehead atoms. The molecular formula is C27H21ClN2O3. The van der Waals surface area contributed by atoms with Gasteiger partial charge in [0, 0.05) is 23.7 Å². The predicted molar refractivity (Wildman–Crippen MR) is 129 cm³/mol. The van der Waals surface area contributed by atoms with E-state index in [-0.39, 0.29) is 5.70 Å². The number of amides is 2. The zero-order valence-corrected chi connectivity index (χ0v) is 18.4. The fourth-order valence-corrected chi connectivity index (χ4v) is 3.42. The molecule has 0 saturated heterocycles. The quantitative estimate of drug-likeness (QED) is 0.351. The Morgan fingerprint density at radius 3 is 2.21 bits per heavy atom. The molecule has 164 valence electrons. The second-order valence-electron chi connectivity index (χ2n) is 7.23. The number of hydrogen-bond donors (Lipinski definition) is 2. The number of rotatable bonds is 7. The first-order valence-electron chi connectivity index (χ1n) is 10.3. The minimum atomic E-state index is -0.432. The molecule has 0 unspecified atom stereocenters. The molecule has 0 aliphatic heterocycles. The van der Waals surface area contributed by atoms with Gasteiger partial charge < -0.3 is 15.1 Å². The van der Waals surface area contributed by atoms with Crippen LogP contribution in [0.4, 0.5) is 0 Å². The molecule has 2 amide bonds. The maximum absolute atomic E-state index is 13.0. The summed E-state index contributed by atoms with van der Waals surface area (Å²) in [6.07, 6.45) is 1.50. The van der Waals surface area contributed by atoms with Gasteiger partial charge in [0.15, 0.2) is 0 Å². The molecule has 33 heavy (non-hydrogen) atoms. The fraction of sp³-hybridized carbons (Fsp3) is 0.0370. The number of halogens is 1. The number of hydrogen-bond acceptors (Lipinski definition) is 3. The van der Waals surface area contributed by atoms with Crippen LogP contribution in [0.15, 0.2) is 107 Å². The number of carbonyl (C=O) groups excluding carboxylic acids is 2. The van der Waals surface area contributed by atoms with Crippen LogP contribution in [-0.2, 0) is 11.3 Å². The Kier molecular flexibility index (Phi) is 7.03. The van der Waals surface area contributed by atoms with Crippen LogP contribution in [0.1, 0.15) is 21.7 Å². The highest BCUT2D eigenvalue weighted by molar-refractivity contribution is 6.33. The van der Waals surface area contributed by atoms with Gasteiger partial charge in [0.1, 0.15) is 17.2 Å². The fourth-order valence-electron chi connectivity index (χ4n) is 3.19. The summed E-state index contributed by atoms with van der Waals surface area (Å²) in [5, 5.41) is 6.10. The van der Waals surface area contributed by atoms with Gasteiger partial charge in [-0.2, -0.15) is 0 Å². The molecule has 0 fully saturated rings. The monoisotopic (exact) mass is 456 g/mol. The minimum Gasteiger partial charge on any atom is -0.457 e. The van der Waals surface area contributed by atoms with E-state index in [2.05, 4.69) is 10.6 Å². The van der Waals surface area contributed by atoms with Gasteiger partial charge in [-0.05, 0) is 42.0 Å². The van der Waals surface area contributed by atoms with E-state index in [0.717, 1.165) is 11.1 Å². The number of carbonyl (C=O) groups is 2. The van der Waals surface area contributed by atoms with E-state index < -0.39 is 11.8 Å². The second kappa shape index (κ2) is 10.5. The lowest BCUT2D eigenvalue weighted by molar-refractivity contribution is -0.117. The molecule has 1 aromatic heterocycles. The topological polar surface area (TPSA) is 71.3 Å². The first-order chi connectivity index (χ1) is 16.1. The van der Waals surface area contributed by atoms with Crippen LogP contribution in [0, 0.1) is 0 Å². The Balaban J connectivity index is 1.59. The Morgan fingerprint density at radius 1 is 0.818 bits per heavy atom. The van der Waals surface area contributed by atoms with E-state index in [1.807, 2.05) is 54.6 Å². The third kappa shape index (κ3) is 5.79. The van der Waals surface area contributed by atoms with Crippen LogP contribution in [0.5, 0.6) is 0 Å². The predicted octanol–water partition coefficient (Wildman–Crippen LogP) is 5.69. The number of nitrogens with one attached hydrogen (secondary N) is 2. The van der Waals surface area contributed by atoms with E-state index in [4.69, 9.17) is 16.0 Å². The van der Waals surface area contributed by atoms with Gasteiger partial charge >= 0.3 is 0 Å². The Morgan fingerprint density at radius 2 is 1.48 bits per heavy atom.